The number of halogens is 1. The summed E-state index contributed by atoms with van der Waals surface area (Å²) in [6.45, 7) is 5.43. The summed E-state index contributed by atoms with van der Waals surface area (Å²) in [6.07, 6.45) is 1.55. The molecule has 0 saturated carbocycles. The molecular weight excluding hydrogens is 352 g/mol. The second kappa shape index (κ2) is 7.50. The second-order valence-electron chi connectivity index (χ2n) is 4.87. The lowest BCUT2D eigenvalue weighted by atomic mass is 10.2. The van der Waals surface area contributed by atoms with Crippen LogP contribution in [0.1, 0.15) is 6.92 Å². The lowest BCUT2D eigenvalue weighted by Gasteiger charge is -2.14. The molecule has 1 aromatic heterocycles. The highest BCUT2D eigenvalue weighted by Gasteiger charge is 2.20. The number of carbonyl (C=O) groups is 2. The summed E-state index contributed by atoms with van der Waals surface area (Å²) in [6, 6.07) is 3.88. The third kappa shape index (κ3) is 3.95. The quantitative estimate of drug-likeness (QED) is 0.477. The number of nitrogens with zero attached hydrogens (tertiary/aromatic N) is 2. The number of rotatable bonds is 5. The number of hydrogen-bond donors (Lipinski definition) is 2. The van der Waals surface area contributed by atoms with Crippen LogP contribution < -0.4 is 16.6 Å². The van der Waals surface area contributed by atoms with Crippen molar-refractivity contribution in [3.05, 3.63) is 46.2 Å². The van der Waals surface area contributed by atoms with Gasteiger partial charge in [0.05, 0.1) is 16.2 Å². The lowest BCUT2D eigenvalue weighted by molar-refractivity contribution is -0.119. The maximum Gasteiger partial charge on any atom is 0.318 e. The Bertz CT molecular complexity index is 881. The van der Waals surface area contributed by atoms with E-state index < -0.39 is 17.2 Å². The van der Waals surface area contributed by atoms with Crippen molar-refractivity contribution in [2.75, 3.05) is 0 Å². The average molecular weight is 367 g/mol. The number of amides is 3. The molecule has 0 aliphatic heterocycles. The zero-order valence-corrected chi connectivity index (χ0v) is 14.4. The fourth-order valence-electron chi connectivity index (χ4n) is 1.99. The molecule has 2 rings (SSSR count). The van der Waals surface area contributed by atoms with Gasteiger partial charge in [0.2, 0.25) is 5.91 Å². The van der Waals surface area contributed by atoms with Gasteiger partial charge in [-0.25, -0.2) is 9.78 Å². The van der Waals surface area contributed by atoms with Gasteiger partial charge >= 0.3 is 6.03 Å². The minimum absolute atomic E-state index is 0.223. The van der Waals surface area contributed by atoms with E-state index in [4.69, 9.17) is 17.3 Å². The molecule has 1 atom stereocenters. The van der Waals surface area contributed by atoms with Crippen LogP contribution >= 0.6 is 23.4 Å². The Kier molecular flexibility index (Phi) is 5.63. The number of primary amides is 1. The minimum Gasteiger partial charge on any atom is -0.351 e. The first-order valence-electron chi connectivity index (χ1n) is 6.91. The van der Waals surface area contributed by atoms with Crippen molar-refractivity contribution in [3.8, 4) is 0 Å². The largest absolute Gasteiger partial charge is 0.351 e. The van der Waals surface area contributed by atoms with E-state index in [0.717, 1.165) is 11.8 Å². The number of allylic oxidation sites excluding steroid dienone is 1. The van der Waals surface area contributed by atoms with Gasteiger partial charge in [0.15, 0.2) is 5.16 Å². The number of nitrogens with two attached hydrogens (primary N) is 1. The highest BCUT2D eigenvalue weighted by molar-refractivity contribution is 8.00. The Balaban J connectivity index is 2.48. The van der Waals surface area contributed by atoms with Crippen molar-refractivity contribution < 1.29 is 9.59 Å². The van der Waals surface area contributed by atoms with Gasteiger partial charge in [0.25, 0.3) is 5.56 Å². The molecule has 0 aliphatic carbocycles. The number of fused-ring (bicyclic) bond motifs is 1. The number of carbonyl (C=O) groups excluding carboxylic acids is 2. The number of thioether (sulfide) groups is 1. The fraction of sp³-hybridized carbons (Fsp3) is 0.200. The van der Waals surface area contributed by atoms with Crippen LogP contribution in [0.4, 0.5) is 4.79 Å². The van der Waals surface area contributed by atoms with Gasteiger partial charge in [0, 0.05) is 11.6 Å². The monoisotopic (exact) mass is 366 g/mol. The Labute approximate surface area is 146 Å². The minimum atomic E-state index is -0.933. The highest BCUT2D eigenvalue weighted by atomic mass is 35.5. The summed E-state index contributed by atoms with van der Waals surface area (Å²) in [5.74, 6) is -0.567. The van der Waals surface area contributed by atoms with E-state index in [2.05, 4.69) is 11.6 Å². The molecule has 24 heavy (non-hydrogen) atoms. The molecule has 9 heteroatoms. The van der Waals surface area contributed by atoms with Crippen molar-refractivity contribution in [1.82, 2.24) is 14.9 Å². The molecule has 0 fully saturated rings. The van der Waals surface area contributed by atoms with E-state index in [1.54, 1.807) is 31.2 Å². The van der Waals surface area contributed by atoms with E-state index >= 15 is 0 Å². The maximum atomic E-state index is 12.6. The first-order valence-corrected chi connectivity index (χ1v) is 8.17. The summed E-state index contributed by atoms with van der Waals surface area (Å²) in [5, 5.41) is 2.47. The van der Waals surface area contributed by atoms with Crippen molar-refractivity contribution in [1.29, 1.82) is 0 Å². The van der Waals surface area contributed by atoms with Crippen molar-refractivity contribution >= 4 is 46.2 Å². The Morgan fingerprint density at radius 3 is 2.88 bits per heavy atom. The van der Waals surface area contributed by atoms with Crippen LogP contribution in [0.2, 0.25) is 5.02 Å². The number of imide groups is 1. The van der Waals surface area contributed by atoms with E-state index in [-0.39, 0.29) is 12.1 Å². The average Bonchev–Trinajstić information content (AvgIpc) is 2.51. The normalized spacial score (nSPS) is 11.9. The van der Waals surface area contributed by atoms with E-state index in [0.29, 0.717) is 21.1 Å². The van der Waals surface area contributed by atoms with Crippen LogP contribution in [-0.4, -0.2) is 26.7 Å². The molecule has 0 spiro atoms. The maximum absolute atomic E-state index is 12.6. The molecule has 3 N–H and O–H groups in total. The summed E-state index contributed by atoms with van der Waals surface area (Å²) in [4.78, 5) is 39.7. The number of urea groups is 1. The lowest BCUT2D eigenvalue weighted by Crippen LogP contribution is -2.39. The highest BCUT2D eigenvalue weighted by Crippen LogP contribution is 2.23. The Morgan fingerprint density at radius 1 is 1.54 bits per heavy atom. The predicted octanol–water partition coefficient (Wildman–Crippen LogP) is 1.91. The zero-order valence-electron chi connectivity index (χ0n) is 12.8. The van der Waals surface area contributed by atoms with Gasteiger partial charge < -0.3 is 5.73 Å². The van der Waals surface area contributed by atoms with Crippen molar-refractivity contribution in [2.45, 2.75) is 23.9 Å². The fourth-order valence-corrected chi connectivity index (χ4v) is 3.08. The van der Waals surface area contributed by atoms with E-state index in [1.807, 2.05) is 5.32 Å². The molecule has 0 aliphatic rings. The molecule has 3 amide bonds. The summed E-state index contributed by atoms with van der Waals surface area (Å²) >= 11 is 6.98. The van der Waals surface area contributed by atoms with E-state index in [9.17, 15) is 14.4 Å². The topological polar surface area (TPSA) is 107 Å². The Morgan fingerprint density at radius 2 is 2.25 bits per heavy atom. The standard InChI is InChI=1S/C15H15ClN4O3S/c1-3-6-20-13(22)10-7-9(16)4-5-11(10)18-15(20)24-8(2)12(21)19-14(17)23/h3-5,7-8H,1,6H2,2H3,(H3,17,19,21,23)/t8-/m1/s1. The number of nitrogens with one attached hydrogen (secondary N) is 1. The van der Waals surface area contributed by atoms with Crippen LogP contribution in [0.15, 0.2) is 40.8 Å². The molecule has 126 valence electrons. The van der Waals surface area contributed by atoms with Gasteiger partial charge in [0.1, 0.15) is 0 Å². The predicted molar refractivity (Wildman–Crippen MR) is 94.3 cm³/mol. The van der Waals surface area contributed by atoms with Crippen LogP contribution in [0.5, 0.6) is 0 Å². The molecule has 0 saturated heterocycles. The van der Waals surface area contributed by atoms with Gasteiger partial charge in [-0.2, -0.15) is 0 Å². The summed E-state index contributed by atoms with van der Waals surface area (Å²) in [5.41, 5.74) is 5.12. The van der Waals surface area contributed by atoms with Crippen LogP contribution in [-0.2, 0) is 11.3 Å². The molecule has 1 aromatic carbocycles. The van der Waals surface area contributed by atoms with Gasteiger partial charge in [-0.15, -0.1) is 6.58 Å². The summed E-state index contributed by atoms with van der Waals surface area (Å²) < 4.78 is 1.39. The number of benzene rings is 1. The number of hydrogen-bond acceptors (Lipinski definition) is 5. The Hall–Kier alpha value is -2.32. The molecule has 0 bridgehead atoms. The van der Waals surface area contributed by atoms with Gasteiger partial charge in [-0.3, -0.25) is 19.5 Å². The number of aromatic nitrogens is 2. The third-order valence-electron chi connectivity index (χ3n) is 3.09. The van der Waals surface area contributed by atoms with Crippen molar-refractivity contribution in [3.63, 3.8) is 0 Å². The van der Waals surface area contributed by atoms with Gasteiger partial charge in [-0.1, -0.05) is 29.4 Å². The van der Waals surface area contributed by atoms with Gasteiger partial charge in [-0.05, 0) is 25.1 Å². The molecule has 0 unspecified atom stereocenters. The SMILES string of the molecule is C=CCn1c(S[C@H](C)C(=O)NC(N)=O)nc2ccc(Cl)cc2c1=O. The molecular formula is C15H15ClN4O3S. The van der Waals surface area contributed by atoms with Crippen LogP contribution in [0, 0.1) is 0 Å². The third-order valence-corrected chi connectivity index (χ3v) is 4.42. The van der Waals surface area contributed by atoms with Crippen LogP contribution in [0.3, 0.4) is 0 Å². The van der Waals surface area contributed by atoms with Crippen LogP contribution in [0.25, 0.3) is 10.9 Å². The zero-order chi connectivity index (χ0) is 17.9. The smallest absolute Gasteiger partial charge is 0.318 e. The molecule has 2 aromatic rings. The van der Waals surface area contributed by atoms with E-state index in [1.165, 1.54) is 4.57 Å². The summed E-state index contributed by atoms with van der Waals surface area (Å²) in [7, 11) is 0. The molecule has 1 heterocycles. The molecule has 0 radical (unpaired) electrons. The first-order chi connectivity index (χ1) is 11.3. The second-order valence-corrected chi connectivity index (χ2v) is 6.62. The van der Waals surface area contributed by atoms with Crippen molar-refractivity contribution in [2.24, 2.45) is 5.73 Å². The molecule has 7 nitrogen and oxygen atoms in total. The first kappa shape index (κ1) is 18.0.